The number of alkyl carbamates (subject to hydrolysis) is 1. The van der Waals surface area contributed by atoms with E-state index in [-0.39, 0.29) is 43.2 Å². The molecule has 0 radical (unpaired) electrons. The van der Waals surface area contributed by atoms with Crippen molar-refractivity contribution in [3.63, 3.8) is 0 Å². The third-order valence-electron chi connectivity index (χ3n) is 9.58. The number of carbonyl (C=O) groups excluding carboxylic acids is 5. The maximum Gasteiger partial charge on any atom is 0.407 e. The molecule has 0 bridgehead atoms. The topological polar surface area (TPSA) is 189 Å². The number of amides is 2. The van der Waals surface area contributed by atoms with Crippen LogP contribution in [-0.4, -0.2) is 64.5 Å². The van der Waals surface area contributed by atoms with Crippen molar-refractivity contribution in [3.8, 4) is 22.3 Å². The molecule has 2 amide bonds. The highest BCUT2D eigenvalue weighted by atomic mass is 16.6. The van der Waals surface area contributed by atoms with Crippen molar-refractivity contribution in [1.29, 1.82) is 0 Å². The summed E-state index contributed by atoms with van der Waals surface area (Å²) < 4.78 is 16.5. The predicted molar refractivity (Wildman–Crippen MR) is 227 cm³/mol. The summed E-state index contributed by atoms with van der Waals surface area (Å²) in [5.74, 6) is -2.30. The summed E-state index contributed by atoms with van der Waals surface area (Å²) in [6, 6.07) is 19.9. The second kappa shape index (κ2) is 19.7. The summed E-state index contributed by atoms with van der Waals surface area (Å²) in [4.78, 5) is 74.4. The maximum absolute atomic E-state index is 13.5. The lowest BCUT2D eigenvalue weighted by molar-refractivity contribution is -0.155. The molecular formula is C47H55N5O8. The van der Waals surface area contributed by atoms with E-state index in [1.165, 1.54) is 6.08 Å². The summed E-state index contributed by atoms with van der Waals surface area (Å²) >= 11 is 0. The fourth-order valence-corrected chi connectivity index (χ4v) is 7.09. The minimum absolute atomic E-state index is 0.00289. The molecule has 0 aliphatic heterocycles. The molecule has 0 spiro atoms. The highest BCUT2D eigenvalue weighted by Gasteiger charge is 2.32. The van der Waals surface area contributed by atoms with E-state index < -0.39 is 54.1 Å². The maximum atomic E-state index is 13.5. The molecule has 4 N–H and O–H groups in total. The average Bonchev–Trinajstić information content (AvgIpc) is 3.50. The average molecular weight is 818 g/mol. The molecule has 316 valence electrons. The SMILES string of the molecule is C=CCOC(=O)[C@H](CC(=O)NC(CC(=O)CC(C)(C)C)c1ccccn1)NC(=O)OCC1c2ccccc2-c2ccc(-c3ccnc(C(N)CC(=O)OC(C)(C)C)c3)cc21. The van der Waals surface area contributed by atoms with Crippen LogP contribution < -0.4 is 16.4 Å². The minimum Gasteiger partial charge on any atom is -0.460 e. The van der Waals surface area contributed by atoms with Crippen LogP contribution in [0.2, 0.25) is 0 Å². The first kappa shape index (κ1) is 44.9. The van der Waals surface area contributed by atoms with Crippen LogP contribution in [0.5, 0.6) is 0 Å². The second-order valence-corrected chi connectivity index (χ2v) is 17.1. The number of Topliss-reactive ketones (excluding diaryl/α,β-unsaturated/α-hetero) is 1. The Balaban J connectivity index is 1.31. The van der Waals surface area contributed by atoms with Crippen molar-refractivity contribution < 1.29 is 38.2 Å². The molecule has 2 heterocycles. The van der Waals surface area contributed by atoms with Gasteiger partial charge in [0.2, 0.25) is 5.91 Å². The fraction of sp³-hybridized carbons (Fsp3) is 0.383. The molecule has 0 saturated carbocycles. The van der Waals surface area contributed by atoms with Crippen LogP contribution in [0.15, 0.2) is 97.8 Å². The zero-order valence-corrected chi connectivity index (χ0v) is 35.2. The van der Waals surface area contributed by atoms with Crippen LogP contribution in [0.25, 0.3) is 22.3 Å². The number of hydrogen-bond acceptors (Lipinski definition) is 11. The number of rotatable bonds is 17. The fourth-order valence-electron chi connectivity index (χ4n) is 7.09. The lowest BCUT2D eigenvalue weighted by atomic mass is 9.88. The summed E-state index contributed by atoms with van der Waals surface area (Å²) in [5.41, 5.74) is 12.1. The van der Waals surface area contributed by atoms with E-state index in [1.807, 2.05) is 75.4 Å². The van der Waals surface area contributed by atoms with Gasteiger partial charge in [0.05, 0.1) is 36.3 Å². The number of aromatic nitrogens is 2. The number of ether oxygens (including phenoxy) is 3. The van der Waals surface area contributed by atoms with Crippen molar-refractivity contribution in [2.45, 2.75) is 96.9 Å². The zero-order chi connectivity index (χ0) is 43.6. The van der Waals surface area contributed by atoms with E-state index in [0.717, 1.165) is 33.4 Å². The number of nitrogens with zero attached hydrogens (tertiary/aromatic N) is 2. The molecule has 13 heteroatoms. The zero-order valence-electron chi connectivity index (χ0n) is 35.2. The molecule has 5 rings (SSSR count). The van der Waals surface area contributed by atoms with Crippen molar-refractivity contribution in [1.82, 2.24) is 20.6 Å². The Labute approximate surface area is 351 Å². The number of hydrogen-bond donors (Lipinski definition) is 3. The summed E-state index contributed by atoms with van der Waals surface area (Å²) in [5, 5.41) is 5.36. The van der Waals surface area contributed by atoms with Gasteiger partial charge in [-0.1, -0.05) is 75.9 Å². The van der Waals surface area contributed by atoms with Crippen molar-refractivity contribution >= 4 is 29.7 Å². The number of nitrogens with one attached hydrogen (secondary N) is 2. The molecule has 3 unspecified atom stereocenters. The number of benzene rings is 2. The van der Waals surface area contributed by atoms with Crippen LogP contribution in [0.4, 0.5) is 4.79 Å². The van der Waals surface area contributed by atoms with Gasteiger partial charge in [0.15, 0.2) is 0 Å². The largest absolute Gasteiger partial charge is 0.460 e. The van der Waals surface area contributed by atoms with Gasteiger partial charge < -0.3 is 30.6 Å². The lowest BCUT2D eigenvalue weighted by Gasteiger charge is -2.23. The van der Waals surface area contributed by atoms with E-state index in [4.69, 9.17) is 19.9 Å². The first-order valence-electron chi connectivity index (χ1n) is 20.0. The number of fused-ring (bicyclic) bond motifs is 3. The predicted octanol–water partition coefficient (Wildman–Crippen LogP) is 7.45. The Morgan fingerprint density at radius 1 is 0.783 bits per heavy atom. The molecule has 60 heavy (non-hydrogen) atoms. The van der Waals surface area contributed by atoms with Gasteiger partial charge in [-0.05, 0) is 89.9 Å². The van der Waals surface area contributed by atoms with Crippen molar-refractivity contribution in [3.05, 3.63) is 120 Å². The van der Waals surface area contributed by atoms with Gasteiger partial charge in [-0.25, -0.2) is 9.59 Å². The Morgan fingerprint density at radius 2 is 1.48 bits per heavy atom. The van der Waals surface area contributed by atoms with Crippen LogP contribution in [0.1, 0.15) is 108 Å². The van der Waals surface area contributed by atoms with Crippen molar-refractivity contribution in [2.24, 2.45) is 11.1 Å². The van der Waals surface area contributed by atoms with Gasteiger partial charge >= 0.3 is 18.0 Å². The third-order valence-corrected chi connectivity index (χ3v) is 9.58. The highest BCUT2D eigenvalue weighted by Crippen LogP contribution is 2.46. The first-order chi connectivity index (χ1) is 28.4. The number of nitrogens with two attached hydrogens (primary N) is 1. The molecular weight excluding hydrogens is 763 g/mol. The monoisotopic (exact) mass is 817 g/mol. The van der Waals surface area contributed by atoms with Gasteiger partial charge in [-0.2, -0.15) is 0 Å². The van der Waals surface area contributed by atoms with Crippen LogP contribution in [0, 0.1) is 5.41 Å². The third kappa shape index (κ3) is 12.6. The van der Waals surface area contributed by atoms with E-state index in [1.54, 1.807) is 51.4 Å². The standard InChI is InChI=1S/C47H55N5O8/c1-8-21-58-44(56)41(26-42(54)51-40(38-15-11-12-19-49-38)24-31(53)27-46(2,3)4)52-45(57)59-28-36-33-14-10-9-13-32(33)34-17-16-29(22-35(34)36)30-18-20-50-39(23-30)37(48)25-43(55)60-47(5,6)7/h8-20,22-23,36-37,40-41H,1,21,24-28,48H2,2-7H3,(H,51,54)(H,52,57)/t36?,37?,40?,41-/m0/s1. The van der Waals surface area contributed by atoms with Crippen molar-refractivity contribution in [2.75, 3.05) is 13.2 Å². The van der Waals surface area contributed by atoms with Gasteiger partial charge in [0.1, 0.15) is 30.6 Å². The first-order valence-corrected chi connectivity index (χ1v) is 20.0. The Kier molecular flexibility index (Phi) is 14.7. The van der Waals surface area contributed by atoms with E-state index in [2.05, 4.69) is 27.2 Å². The molecule has 2 aromatic heterocycles. The van der Waals surface area contributed by atoms with Gasteiger partial charge in [-0.3, -0.25) is 24.4 Å². The number of pyridine rings is 2. The number of ketones is 1. The molecule has 2 aromatic carbocycles. The van der Waals surface area contributed by atoms with Crippen LogP contribution in [0.3, 0.4) is 0 Å². The summed E-state index contributed by atoms with van der Waals surface area (Å²) in [6.45, 7) is 14.6. The molecule has 0 saturated heterocycles. The Bertz CT molecular complexity index is 2190. The van der Waals surface area contributed by atoms with E-state index in [0.29, 0.717) is 17.8 Å². The van der Waals surface area contributed by atoms with Gasteiger partial charge in [0, 0.05) is 31.2 Å². The van der Waals surface area contributed by atoms with Crippen LogP contribution >= 0.6 is 0 Å². The highest BCUT2D eigenvalue weighted by molar-refractivity contribution is 5.89. The van der Waals surface area contributed by atoms with Gasteiger partial charge in [0.25, 0.3) is 0 Å². The lowest BCUT2D eigenvalue weighted by Crippen LogP contribution is -2.46. The Hall–Kier alpha value is -6.21. The minimum atomic E-state index is -1.41. The van der Waals surface area contributed by atoms with E-state index in [9.17, 15) is 24.0 Å². The number of carbonyl (C=O) groups is 5. The Morgan fingerprint density at radius 3 is 2.18 bits per heavy atom. The number of esters is 2. The summed E-state index contributed by atoms with van der Waals surface area (Å²) in [6.07, 6.45) is 3.44. The summed E-state index contributed by atoms with van der Waals surface area (Å²) in [7, 11) is 0. The molecule has 0 fully saturated rings. The molecule has 4 aromatic rings. The molecule has 13 nitrogen and oxygen atoms in total. The second-order valence-electron chi connectivity index (χ2n) is 17.1. The quantitative estimate of drug-likeness (QED) is 0.0545. The molecule has 4 atom stereocenters. The van der Waals surface area contributed by atoms with E-state index >= 15 is 0 Å². The normalized spacial score (nSPS) is 14.7. The molecule has 1 aliphatic carbocycles. The molecule has 1 aliphatic rings. The smallest absolute Gasteiger partial charge is 0.407 e. The van der Waals surface area contributed by atoms with Crippen LogP contribution in [-0.2, 0) is 33.4 Å². The van der Waals surface area contributed by atoms with Gasteiger partial charge in [-0.15, -0.1) is 0 Å².